The van der Waals surface area contributed by atoms with Crippen LogP contribution in [0.5, 0.6) is 0 Å². The van der Waals surface area contributed by atoms with E-state index in [9.17, 15) is 4.79 Å². The third-order valence-corrected chi connectivity index (χ3v) is 5.21. The molecule has 18 heavy (non-hydrogen) atoms. The normalized spacial score (nSPS) is 27.3. The van der Waals surface area contributed by atoms with Gasteiger partial charge in [-0.15, -0.1) is 11.3 Å². The van der Waals surface area contributed by atoms with Crippen LogP contribution >= 0.6 is 11.3 Å². The Hall–Kier alpha value is -0.870. The summed E-state index contributed by atoms with van der Waals surface area (Å²) in [7, 11) is 0. The Kier molecular flexibility index (Phi) is 3.16. The summed E-state index contributed by atoms with van der Waals surface area (Å²) in [6.07, 6.45) is 3.59. The second-order valence-corrected chi connectivity index (χ2v) is 6.67. The largest absolute Gasteiger partial charge is 0.332 e. The minimum Gasteiger partial charge on any atom is -0.332 e. The molecule has 98 valence electrons. The molecule has 1 aromatic rings. The molecule has 1 aliphatic heterocycles. The minimum atomic E-state index is 0.232. The summed E-state index contributed by atoms with van der Waals surface area (Å²) in [6, 6.07) is 2.83. The number of aryl methyl sites for hydroxylation is 2. The summed E-state index contributed by atoms with van der Waals surface area (Å²) >= 11 is 1.72. The number of carbonyl (C=O) groups is 1. The van der Waals surface area contributed by atoms with Crippen molar-refractivity contribution >= 4 is 17.2 Å². The number of nitrogens with one attached hydrogen (secondary N) is 1. The maximum atomic E-state index is 12.6. The van der Waals surface area contributed by atoms with Gasteiger partial charge in [0.05, 0.1) is 4.88 Å². The molecule has 1 aliphatic carbocycles. The lowest BCUT2D eigenvalue weighted by atomic mass is 10.1. The minimum absolute atomic E-state index is 0.232. The van der Waals surface area contributed by atoms with Crippen molar-refractivity contribution in [3.05, 3.63) is 21.4 Å². The zero-order valence-electron chi connectivity index (χ0n) is 11.0. The molecule has 3 nitrogen and oxygen atoms in total. The summed E-state index contributed by atoms with van der Waals surface area (Å²) in [6.45, 7) is 5.99. The van der Waals surface area contributed by atoms with Gasteiger partial charge in [0, 0.05) is 30.1 Å². The first-order chi connectivity index (χ1) is 8.65. The summed E-state index contributed by atoms with van der Waals surface area (Å²) in [5.74, 6) is 0.232. The molecule has 3 rings (SSSR count). The Labute approximate surface area is 112 Å². The molecule has 4 heteroatoms. The van der Waals surface area contributed by atoms with Crippen LogP contribution in [0.2, 0.25) is 0 Å². The number of amides is 1. The number of nitrogens with zero attached hydrogens (tertiary/aromatic N) is 1. The van der Waals surface area contributed by atoms with Crippen molar-refractivity contribution in [2.45, 2.75) is 45.2 Å². The standard InChI is InChI=1S/C14H20N2OS/c1-9-8-16(10(2)7-15-9)14(17)13-6-11-4-3-5-12(11)18-13/h6,9-10,15H,3-5,7-8H2,1-2H3. The van der Waals surface area contributed by atoms with Gasteiger partial charge in [0.2, 0.25) is 0 Å². The molecule has 1 saturated heterocycles. The van der Waals surface area contributed by atoms with E-state index in [1.165, 1.54) is 23.3 Å². The molecule has 1 fully saturated rings. The van der Waals surface area contributed by atoms with Crippen LogP contribution in [0.4, 0.5) is 0 Å². The molecule has 2 atom stereocenters. The van der Waals surface area contributed by atoms with Crippen LogP contribution in [0.1, 0.15) is 40.4 Å². The van der Waals surface area contributed by atoms with E-state index in [1.54, 1.807) is 11.3 Å². The highest BCUT2D eigenvalue weighted by molar-refractivity contribution is 7.14. The van der Waals surface area contributed by atoms with Crippen molar-refractivity contribution < 1.29 is 4.79 Å². The summed E-state index contributed by atoms with van der Waals surface area (Å²) in [4.78, 5) is 17.0. The smallest absolute Gasteiger partial charge is 0.264 e. The van der Waals surface area contributed by atoms with Crippen LogP contribution in [0.3, 0.4) is 0 Å². The van der Waals surface area contributed by atoms with Gasteiger partial charge in [-0.2, -0.15) is 0 Å². The van der Waals surface area contributed by atoms with E-state index in [4.69, 9.17) is 0 Å². The predicted octanol–water partition coefficient (Wildman–Crippen LogP) is 2.06. The molecular weight excluding hydrogens is 244 g/mol. The Morgan fingerprint density at radius 3 is 3.06 bits per heavy atom. The molecule has 0 bridgehead atoms. The molecule has 1 aromatic heterocycles. The van der Waals surface area contributed by atoms with Crippen LogP contribution < -0.4 is 5.32 Å². The van der Waals surface area contributed by atoms with Crippen molar-refractivity contribution in [2.24, 2.45) is 0 Å². The van der Waals surface area contributed by atoms with Gasteiger partial charge >= 0.3 is 0 Å². The van der Waals surface area contributed by atoms with Crippen molar-refractivity contribution in [1.29, 1.82) is 0 Å². The van der Waals surface area contributed by atoms with Crippen molar-refractivity contribution in [2.75, 3.05) is 13.1 Å². The number of piperazine rings is 1. The van der Waals surface area contributed by atoms with Crippen LogP contribution in [-0.2, 0) is 12.8 Å². The third-order valence-electron chi connectivity index (χ3n) is 3.98. The first-order valence-corrected chi connectivity index (χ1v) is 7.62. The van der Waals surface area contributed by atoms with Gasteiger partial charge in [-0.25, -0.2) is 0 Å². The van der Waals surface area contributed by atoms with Gasteiger partial charge in [-0.3, -0.25) is 4.79 Å². The zero-order chi connectivity index (χ0) is 12.7. The van der Waals surface area contributed by atoms with E-state index < -0.39 is 0 Å². The molecule has 0 spiro atoms. The topological polar surface area (TPSA) is 32.3 Å². The quantitative estimate of drug-likeness (QED) is 0.842. The molecule has 1 amide bonds. The van der Waals surface area contributed by atoms with E-state index in [0.717, 1.165) is 24.4 Å². The van der Waals surface area contributed by atoms with E-state index in [0.29, 0.717) is 12.1 Å². The van der Waals surface area contributed by atoms with Crippen LogP contribution in [0.25, 0.3) is 0 Å². The number of rotatable bonds is 1. The lowest BCUT2D eigenvalue weighted by Gasteiger charge is -2.37. The van der Waals surface area contributed by atoms with Crippen molar-refractivity contribution in [1.82, 2.24) is 10.2 Å². The fourth-order valence-electron chi connectivity index (χ4n) is 2.88. The summed E-state index contributed by atoms with van der Waals surface area (Å²) < 4.78 is 0. The predicted molar refractivity (Wildman–Crippen MR) is 74.3 cm³/mol. The number of carbonyl (C=O) groups excluding carboxylic acids is 1. The molecule has 2 unspecified atom stereocenters. The number of hydrogen-bond donors (Lipinski definition) is 1. The second kappa shape index (κ2) is 4.67. The van der Waals surface area contributed by atoms with Gasteiger partial charge in [0.15, 0.2) is 0 Å². The molecule has 0 aromatic carbocycles. The first kappa shape index (κ1) is 12.2. The Balaban J connectivity index is 1.80. The average molecular weight is 264 g/mol. The van der Waals surface area contributed by atoms with Gasteiger partial charge in [-0.1, -0.05) is 0 Å². The highest BCUT2D eigenvalue weighted by atomic mass is 32.1. The monoisotopic (exact) mass is 264 g/mol. The average Bonchev–Trinajstić information content (AvgIpc) is 2.91. The van der Waals surface area contributed by atoms with Crippen molar-refractivity contribution in [3.63, 3.8) is 0 Å². The highest BCUT2D eigenvalue weighted by Crippen LogP contribution is 2.31. The number of fused-ring (bicyclic) bond motifs is 1. The van der Waals surface area contributed by atoms with E-state index >= 15 is 0 Å². The third kappa shape index (κ3) is 2.08. The van der Waals surface area contributed by atoms with Crippen molar-refractivity contribution in [3.8, 4) is 0 Å². The molecule has 0 radical (unpaired) electrons. The van der Waals surface area contributed by atoms with Gasteiger partial charge in [0.1, 0.15) is 0 Å². The van der Waals surface area contributed by atoms with Crippen LogP contribution in [0.15, 0.2) is 6.07 Å². The summed E-state index contributed by atoms with van der Waals surface area (Å²) in [5, 5.41) is 3.42. The molecule has 1 N–H and O–H groups in total. The Bertz CT molecular complexity index is 447. The highest BCUT2D eigenvalue weighted by Gasteiger charge is 2.29. The Morgan fingerprint density at radius 1 is 1.44 bits per heavy atom. The lowest BCUT2D eigenvalue weighted by molar-refractivity contribution is 0.0621. The summed E-state index contributed by atoms with van der Waals surface area (Å²) in [5.41, 5.74) is 1.42. The zero-order valence-corrected chi connectivity index (χ0v) is 11.8. The van der Waals surface area contributed by atoms with Gasteiger partial charge in [-0.05, 0) is 44.7 Å². The fourth-order valence-corrected chi connectivity index (χ4v) is 4.09. The van der Waals surface area contributed by atoms with E-state index in [2.05, 4.69) is 25.2 Å². The van der Waals surface area contributed by atoms with Gasteiger partial charge in [0.25, 0.3) is 5.91 Å². The Morgan fingerprint density at radius 2 is 2.28 bits per heavy atom. The second-order valence-electron chi connectivity index (χ2n) is 5.53. The molecule has 2 heterocycles. The van der Waals surface area contributed by atoms with E-state index in [1.807, 2.05) is 4.90 Å². The van der Waals surface area contributed by atoms with Crippen LogP contribution in [-0.4, -0.2) is 36.0 Å². The van der Waals surface area contributed by atoms with Crippen LogP contribution in [0, 0.1) is 0 Å². The fraction of sp³-hybridized carbons (Fsp3) is 0.643. The number of hydrogen-bond acceptors (Lipinski definition) is 3. The maximum Gasteiger partial charge on any atom is 0.264 e. The molecular formula is C14H20N2OS. The molecule has 2 aliphatic rings. The van der Waals surface area contributed by atoms with E-state index in [-0.39, 0.29) is 5.91 Å². The lowest BCUT2D eigenvalue weighted by Crippen LogP contribution is -2.56. The first-order valence-electron chi connectivity index (χ1n) is 6.81. The van der Waals surface area contributed by atoms with Gasteiger partial charge < -0.3 is 10.2 Å². The maximum absolute atomic E-state index is 12.6. The SMILES string of the molecule is CC1CN(C(=O)c2cc3c(s2)CCC3)C(C)CN1. The number of thiophene rings is 1. The molecule has 0 saturated carbocycles.